The van der Waals surface area contributed by atoms with E-state index in [0.29, 0.717) is 10.6 Å². The third-order valence-corrected chi connectivity index (χ3v) is 3.06. The van der Waals surface area contributed by atoms with Gasteiger partial charge in [0.15, 0.2) is 11.6 Å². The largest absolute Gasteiger partial charge is 0.494 e. The van der Waals surface area contributed by atoms with E-state index in [0.717, 1.165) is 18.4 Å². The summed E-state index contributed by atoms with van der Waals surface area (Å²) in [4.78, 5) is 0.473. The fourth-order valence-electron chi connectivity index (χ4n) is 2.21. The first kappa shape index (κ1) is 14.5. The normalized spacial score (nSPS) is 13.5. The number of hydrogen-bond acceptors (Lipinski definition) is 1. The van der Waals surface area contributed by atoms with Gasteiger partial charge in [0.2, 0.25) is 0 Å². The van der Waals surface area contributed by atoms with Gasteiger partial charge in [-0.05, 0) is 36.0 Å². The van der Waals surface area contributed by atoms with Gasteiger partial charge in [0.25, 0.3) is 0 Å². The molecule has 96 valence electrons. The van der Waals surface area contributed by atoms with Crippen LogP contribution >= 0.6 is 15.9 Å². The molecule has 0 N–H and O–H groups in total. The molecule has 1 aromatic rings. The SMILES string of the molecule is COc1ccc(CC(C)(C)CC(C)Br)cc1F. The standard InChI is InChI=1S/C14H20BrFO/c1-10(15)8-14(2,3)9-11-5-6-13(17-4)12(16)7-11/h5-7,10H,8-9H2,1-4H3. The van der Waals surface area contributed by atoms with Crippen molar-refractivity contribution >= 4 is 15.9 Å². The maximum Gasteiger partial charge on any atom is 0.165 e. The topological polar surface area (TPSA) is 9.23 Å². The Bertz CT molecular complexity index is 374. The van der Waals surface area contributed by atoms with E-state index >= 15 is 0 Å². The highest BCUT2D eigenvalue weighted by Crippen LogP contribution is 2.31. The fraction of sp³-hybridized carbons (Fsp3) is 0.571. The quantitative estimate of drug-likeness (QED) is 0.724. The highest BCUT2D eigenvalue weighted by molar-refractivity contribution is 9.09. The molecule has 0 bridgehead atoms. The van der Waals surface area contributed by atoms with E-state index in [1.807, 2.05) is 6.07 Å². The van der Waals surface area contributed by atoms with Crippen molar-refractivity contribution in [3.05, 3.63) is 29.6 Å². The van der Waals surface area contributed by atoms with Crippen LogP contribution < -0.4 is 4.74 Å². The van der Waals surface area contributed by atoms with E-state index in [4.69, 9.17) is 4.74 Å². The molecule has 1 nitrogen and oxygen atoms in total. The van der Waals surface area contributed by atoms with Gasteiger partial charge in [0.1, 0.15) is 0 Å². The molecule has 0 amide bonds. The van der Waals surface area contributed by atoms with E-state index in [1.54, 1.807) is 12.1 Å². The van der Waals surface area contributed by atoms with Crippen molar-refractivity contribution in [2.45, 2.75) is 38.4 Å². The van der Waals surface area contributed by atoms with Gasteiger partial charge in [0.05, 0.1) is 7.11 Å². The monoisotopic (exact) mass is 302 g/mol. The number of benzene rings is 1. The van der Waals surface area contributed by atoms with Crippen molar-refractivity contribution in [3.8, 4) is 5.75 Å². The molecule has 0 aliphatic heterocycles. The van der Waals surface area contributed by atoms with Crippen LogP contribution in [0.25, 0.3) is 0 Å². The molecule has 0 radical (unpaired) electrons. The van der Waals surface area contributed by atoms with Crippen LogP contribution in [0.2, 0.25) is 0 Å². The summed E-state index contributed by atoms with van der Waals surface area (Å²) in [7, 11) is 1.48. The first-order chi connectivity index (χ1) is 7.84. The minimum absolute atomic E-state index is 0.157. The second-order valence-electron chi connectivity index (χ2n) is 5.29. The molecular formula is C14H20BrFO. The molecule has 0 aliphatic rings. The first-order valence-electron chi connectivity index (χ1n) is 5.80. The molecule has 1 unspecified atom stereocenters. The zero-order chi connectivity index (χ0) is 13.1. The number of halogens is 2. The number of ether oxygens (including phenoxy) is 1. The van der Waals surface area contributed by atoms with Crippen LogP contribution in [0.15, 0.2) is 18.2 Å². The second kappa shape index (κ2) is 5.85. The van der Waals surface area contributed by atoms with Gasteiger partial charge < -0.3 is 4.74 Å². The highest BCUT2D eigenvalue weighted by atomic mass is 79.9. The lowest BCUT2D eigenvalue weighted by atomic mass is 9.82. The fourth-order valence-corrected chi connectivity index (χ4v) is 3.08. The maximum atomic E-state index is 13.6. The molecule has 0 aliphatic carbocycles. The van der Waals surface area contributed by atoms with Crippen LogP contribution in [0.5, 0.6) is 5.75 Å². The predicted octanol–water partition coefficient (Wildman–Crippen LogP) is 4.58. The van der Waals surface area contributed by atoms with Crippen LogP contribution in [-0.4, -0.2) is 11.9 Å². The third-order valence-electron chi connectivity index (χ3n) is 2.73. The molecule has 0 saturated heterocycles. The lowest BCUT2D eigenvalue weighted by Crippen LogP contribution is -2.18. The lowest BCUT2D eigenvalue weighted by Gasteiger charge is -2.26. The zero-order valence-corrected chi connectivity index (χ0v) is 12.5. The van der Waals surface area contributed by atoms with E-state index in [1.165, 1.54) is 7.11 Å². The van der Waals surface area contributed by atoms with Crippen LogP contribution in [0.3, 0.4) is 0 Å². The van der Waals surface area contributed by atoms with Crippen molar-refractivity contribution < 1.29 is 9.13 Å². The summed E-state index contributed by atoms with van der Waals surface area (Å²) in [6, 6.07) is 5.19. The minimum atomic E-state index is -0.285. The molecule has 0 heterocycles. The van der Waals surface area contributed by atoms with Gasteiger partial charge in [-0.25, -0.2) is 4.39 Å². The number of methoxy groups -OCH3 is 1. The van der Waals surface area contributed by atoms with E-state index in [-0.39, 0.29) is 11.2 Å². The predicted molar refractivity (Wildman–Crippen MR) is 73.4 cm³/mol. The smallest absolute Gasteiger partial charge is 0.165 e. The molecule has 0 spiro atoms. The summed E-state index contributed by atoms with van der Waals surface area (Å²) in [6.07, 6.45) is 1.92. The molecule has 1 aromatic carbocycles. The van der Waals surface area contributed by atoms with Gasteiger partial charge in [-0.2, -0.15) is 0 Å². The average molecular weight is 303 g/mol. The van der Waals surface area contributed by atoms with Crippen molar-refractivity contribution in [2.75, 3.05) is 7.11 Å². The molecule has 3 heteroatoms. The summed E-state index contributed by atoms with van der Waals surface area (Å²) in [5.74, 6) is 0.0214. The highest BCUT2D eigenvalue weighted by Gasteiger charge is 2.21. The summed E-state index contributed by atoms with van der Waals surface area (Å²) in [5.41, 5.74) is 1.17. The summed E-state index contributed by atoms with van der Waals surface area (Å²) in [5, 5.41) is 0. The zero-order valence-electron chi connectivity index (χ0n) is 10.9. The Labute approximate surface area is 111 Å². The third kappa shape index (κ3) is 4.66. The molecule has 0 saturated carbocycles. The molecule has 0 fully saturated rings. The van der Waals surface area contributed by atoms with Gasteiger partial charge in [-0.1, -0.05) is 42.8 Å². The second-order valence-corrected chi connectivity index (χ2v) is 6.86. The number of alkyl halides is 1. The first-order valence-corrected chi connectivity index (χ1v) is 6.72. The summed E-state index contributed by atoms with van der Waals surface area (Å²) < 4.78 is 18.5. The molecule has 17 heavy (non-hydrogen) atoms. The molecule has 0 aromatic heterocycles. The Morgan fingerprint density at radius 3 is 2.53 bits per heavy atom. The van der Waals surface area contributed by atoms with Crippen molar-refractivity contribution in [1.29, 1.82) is 0 Å². The van der Waals surface area contributed by atoms with E-state index in [2.05, 4.69) is 36.7 Å². The molecular weight excluding hydrogens is 283 g/mol. The maximum absolute atomic E-state index is 13.6. The minimum Gasteiger partial charge on any atom is -0.494 e. The van der Waals surface area contributed by atoms with Crippen LogP contribution in [-0.2, 0) is 6.42 Å². The summed E-state index contributed by atoms with van der Waals surface area (Å²) >= 11 is 3.57. The Morgan fingerprint density at radius 1 is 1.41 bits per heavy atom. The number of hydrogen-bond donors (Lipinski definition) is 0. The van der Waals surface area contributed by atoms with Gasteiger partial charge in [0, 0.05) is 4.83 Å². The van der Waals surface area contributed by atoms with Gasteiger partial charge in [-0.15, -0.1) is 0 Å². The van der Waals surface area contributed by atoms with Crippen LogP contribution in [0, 0.1) is 11.2 Å². The van der Waals surface area contributed by atoms with Crippen molar-refractivity contribution in [2.24, 2.45) is 5.41 Å². The average Bonchev–Trinajstić information content (AvgIpc) is 2.14. The van der Waals surface area contributed by atoms with Crippen LogP contribution in [0.4, 0.5) is 4.39 Å². The van der Waals surface area contributed by atoms with Gasteiger partial charge >= 0.3 is 0 Å². The van der Waals surface area contributed by atoms with E-state index in [9.17, 15) is 4.39 Å². The Hall–Kier alpha value is -0.570. The van der Waals surface area contributed by atoms with Crippen LogP contribution in [0.1, 0.15) is 32.8 Å². The van der Waals surface area contributed by atoms with Crippen molar-refractivity contribution in [1.82, 2.24) is 0 Å². The Balaban J connectivity index is 2.78. The Morgan fingerprint density at radius 2 is 2.06 bits per heavy atom. The Kier molecular flexibility index (Phi) is 4.99. The van der Waals surface area contributed by atoms with Gasteiger partial charge in [-0.3, -0.25) is 0 Å². The summed E-state index contributed by atoms with van der Waals surface area (Å²) in [6.45, 7) is 6.54. The molecule has 1 atom stereocenters. The van der Waals surface area contributed by atoms with Crippen molar-refractivity contribution in [3.63, 3.8) is 0 Å². The number of rotatable bonds is 5. The van der Waals surface area contributed by atoms with E-state index < -0.39 is 0 Å². The molecule has 1 rings (SSSR count). The lowest BCUT2D eigenvalue weighted by molar-refractivity contribution is 0.333.